The van der Waals surface area contributed by atoms with Crippen LogP contribution >= 0.6 is 0 Å². The number of hydrogen-bond acceptors (Lipinski definition) is 6. The first-order valence-corrected chi connectivity index (χ1v) is 8.41. The lowest BCUT2D eigenvalue weighted by molar-refractivity contribution is 0.102. The molecule has 28 heavy (non-hydrogen) atoms. The number of nitrogens with one attached hydrogen (secondary N) is 2. The fourth-order valence-electron chi connectivity index (χ4n) is 2.97. The minimum Gasteiger partial charge on any atom is -0.496 e. The van der Waals surface area contributed by atoms with Gasteiger partial charge in [0.05, 0.1) is 41.1 Å². The van der Waals surface area contributed by atoms with Crippen LogP contribution in [0.15, 0.2) is 30.3 Å². The molecule has 0 aliphatic carbocycles. The Morgan fingerprint density at radius 1 is 0.786 bits per heavy atom. The molecular formula is C20H22N2O6. The molecule has 0 radical (unpaired) electrons. The quantitative estimate of drug-likeness (QED) is 0.646. The molecule has 0 unspecified atom stereocenters. The Morgan fingerprint density at radius 2 is 1.46 bits per heavy atom. The molecule has 1 amide bonds. The number of aromatic amines is 1. The number of amides is 1. The van der Waals surface area contributed by atoms with E-state index < -0.39 is 0 Å². The van der Waals surface area contributed by atoms with Crippen LogP contribution in [0.2, 0.25) is 0 Å². The van der Waals surface area contributed by atoms with Gasteiger partial charge in [0.25, 0.3) is 5.91 Å². The molecule has 0 spiro atoms. The number of ether oxygens (including phenoxy) is 5. The summed E-state index contributed by atoms with van der Waals surface area (Å²) in [4.78, 5) is 15.8. The van der Waals surface area contributed by atoms with E-state index in [0.29, 0.717) is 51.0 Å². The molecular weight excluding hydrogens is 364 g/mol. The molecule has 0 saturated heterocycles. The Hall–Kier alpha value is -3.55. The van der Waals surface area contributed by atoms with Crippen molar-refractivity contribution in [3.05, 3.63) is 36.0 Å². The second-order valence-corrected chi connectivity index (χ2v) is 5.81. The maximum absolute atomic E-state index is 12.8. The van der Waals surface area contributed by atoms with E-state index in [4.69, 9.17) is 23.7 Å². The van der Waals surface area contributed by atoms with E-state index in [1.54, 1.807) is 44.6 Å². The summed E-state index contributed by atoms with van der Waals surface area (Å²) in [7, 11) is 7.71. The van der Waals surface area contributed by atoms with Crippen LogP contribution in [-0.2, 0) is 0 Å². The molecule has 0 aliphatic heterocycles. The number of fused-ring (bicyclic) bond motifs is 1. The van der Waals surface area contributed by atoms with E-state index >= 15 is 0 Å². The highest BCUT2D eigenvalue weighted by Crippen LogP contribution is 2.41. The average molecular weight is 386 g/mol. The minimum absolute atomic E-state index is 0.327. The van der Waals surface area contributed by atoms with Gasteiger partial charge < -0.3 is 34.0 Å². The average Bonchev–Trinajstić information content (AvgIpc) is 3.17. The Labute approximate surface area is 162 Å². The van der Waals surface area contributed by atoms with Crippen molar-refractivity contribution in [2.75, 3.05) is 40.9 Å². The van der Waals surface area contributed by atoms with Crippen molar-refractivity contribution in [2.24, 2.45) is 0 Å². The summed E-state index contributed by atoms with van der Waals surface area (Å²) in [5, 5.41) is 3.54. The van der Waals surface area contributed by atoms with Gasteiger partial charge in [0.2, 0.25) is 0 Å². The zero-order valence-corrected chi connectivity index (χ0v) is 16.3. The molecule has 2 aromatic carbocycles. The van der Waals surface area contributed by atoms with Gasteiger partial charge in [-0.2, -0.15) is 0 Å². The molecule has 2 N–H and O–H groups in total. The summed E-state index contributed by atoms with van der Waals surface area (Å²) in [6.45, 7) is 0. The fourth-order valence-corrected chi connectivity index (χ4v) is 2.97. The van der Waals surface area contributed by atoms with E-state index in [1.807, 2.05) is 0 Å². The lowest BCUT2D eigenvalue weighted by atomic mass is 10.2. The van der Waals surface area contributed by atoms with E-state index in [1.165, 1.54) is 21.3 Å². The first-order chi connectivity index (χ1) is 13.6. The highest BCUT2D eigenvalue weighted by atomic mass is 16.5. The number of anilines is 1. The first-order valence-electron chi connectivity index (χ1n) is 8.41. The maximum atomic E-state index is 12.8. The number of methoxy groups -OCH3 is 5. The third kappa shape index (κ3) is 3.36. The smallest absolute Gasteiger partial charge is 0.272 e. The predicted octanol–water partition coefficient (Wildman–Crippen LogP) is 3.46. The van der Waals surface area contributed by atoms with Crippen LogP contribution in [0.4, 0.5) is 5.69 Å². The molecule has 1 heterocycles. The summed E-state index contributed by atoms with van der Waals surface area (Å²) in [5.74, 6) is 2.32. The largest absolute Gasteiger partial charge is 0.496 e. The number of hydrogen-bond donors (Lipinski definition) is 2. The fraction of sp³-hybridized carbons (Fsp3) is 0.250. The molecule has 3 aromatic rings. The van der Waals surface area contributed by atoms with Crippen LogP contribution in [0.1, 0.15) is 10.5 Å². The lowest BCUT2D eigenvalue weighted by Crippen LogP contribution is -2.12. The van der Waals surface area contributed by atoms with Gasteiger partial charge in [0.1, 0.15) is 11.4 Å². The van der Waals surface area contributed by atoms with Crippen molar-refractivity contribution < 1.29 is 28.5 Å². The summed E-state index contributed by atoms with van der Waals surface area (Å²) < 4.78 is 26.7. The summed E-state index contributed by atoms with van der Waals surface area (Å²) in [5.41, 5.74) is 1.52. The Kier molecular flexibility index (Phi) is 5.49. The number of carbonyl (C=O) groups excluding carboxylic acids is 1. The van der Waals surface area contributed by atoms with Gasteiger partial charge in [-0.25, -0.2) is 0 Å². The highest BCUT2D eigenvalue weighted by molar-refractivity contribution is 6.08. The topological polar surface area (TPSA) is 91.0 Å². The van der Waals surface area contributed by atoms with Gasteiger partial charge in [0.15, 0.2) is 23.0 Å². The van der Waals surface area contributed by atoms with Gasteiger partial charge in [0, 0.05) is 23.2 Å². The third-order valence-electron chi connectivity index (χ3n) is 4.33. The number of rotatable bonds is 7. The molecule has 0 aliphatic rings. The summed E-state index contributed by atoms with van der Waals surface area (Å²) >= 11 is 0. The zero-order valence-electron chi connectivity index (χ0n) is 16.3. The second-order valence-electron chi connectivity index (χ2n) is 5.81. The molecule has 0 bridgehead atoms. The number of benzene rings is 2. The van der Waals surface area contributed by atoms with Crippen LogP contribution in [-0.4, -0.2) is 46.4 Å². The maximum Gasteiger partial charge on any atom is 0.272 e. The monoisotopic (exact) mass is 386 g/mol. The first kappa shape index (κ1) is 19.2. The van der Waals surface area contributed by atoms with Gasteiger partial charge in [-0.05, 0) is 18.2 Å². The van der Waals surface area contributed by atoms with E-state index in [9.17, 15) is 4.79 Å². The number of H-pyrrole nitrogens is 1. The zero-order chi connectivity index (χ0) is 20.3. The SMILES string of the molecule is COc1ccc(NC(=O)c2cc3c(OC)cc(OC)c(OC)c3[nH]2)cc1OC. The van der Waals surface area contributed by atoms with Crippen molar-refractivity contribution in [3.63, 3.8) is 0 Å². The van der Waals surface area contributed by atoms with Crippen LogP contribution < -0.4 is 29.0 Å². The van der Waals surface area contributed by atoms with Crippen LogP contribution in [0, 0.1) is 0 Å². The Morgan fingerprint density at radius 3 is 2.07 bits per heavy atom. The van der Waals surface area contributed by atoms with Crippen LogP contribution in [0.3, 0.4) is 0 Å². The lowest BCUT2D eigenvalue weighted by Gasteiger charge is -2.11. The molecule has 8 heteroatoms. The van der Waals surface area contributed by atoms with Gasteiger partial charge >= 0.3 is 0 Å². The number of carbonyl (C=O) groups is 1. The van der Waals surface area contributed by atoms with Crippen molar-refractivity contribution in [1.29, 1.82) is 0 Å². The normalized spacial score (nSPS) is 10.5. The molecule has 8 nitrogen and oxygen atoms in total. The standard InChI is InChI=1S/C20H22N2O6/c1-24-14-7-6-11(8-16(14)26-3)21-20(23)13-9-12-15(25-2)10-17(27-4)19(28-5)18(12)22-13/h6-10,22H,1-5H3,(H,21,23). The van der Waals surface area contributed by atoms with E-state index in [2.05, 4.69) is 10.3 Å². The van der Waals surface area contributed by atoms with Crippen molar-refractivity contribution >= 4 is 22.5 Å². The highest BCUT2D eigenvalue weighted by Gasteiger charge is 2.20. The number of aromatic nitrogens is 1. The van der Waals surface area contributed by atoms with Crippen LogP contribution in [0.25, 0.3) is 10.9 Å². The van der Waals surface area contributed by atoms with Gasteiger partial charge in [-0.3, -0.25) is 4.79 Å². The Balaban J connectivity index is 1.98. The van der Waals surface area contributed by atoms with Crippen molar-refractivity contribution in [1.82, 2.24) is 4.98 Å². The van der Waals surface area contributed by atoms with Crippen molar-refractivity contribution in [3.8, 4) is 28.7 Å². The molecule has 0 atom stereocenters. The van der Waals surface area contributed by atoms with E-state index in [-0.39, 0.29) is 5.91 Å². The van der Waals surface area contributed by atoms with Crippen molar-refractivity contribution in [2.45, 2.75) is 0 Å². The molecule has 3 rings (SSSR count). The summed E-state index contributed by atoms with van der Waals surface area (Å²) in [6.07, 6.45) is 0. The van der Waals surface area contributed by atoms with Gasteiger partial charge in [-0.15, -0.1) is 0 Å². The molecule has 0 saturated carbocycles. The summed E-state index contributed by atoms with van der Waals surface area (Å²) in [6, 6.07) is 8.55. The Bertz CT molecular complexity index is 1010. The van der Waals surface area contributed by atoms with Gasteiger partial charge in [-0.1, -0.05) is 0 Å². The minimum atomic E-state index is -0.327. The predicted molar refractivity (Wildman–Crippen MR) is 105 cm³/mol. The molecule has 0 fully saturated rings. The van der Waals surface area contributed by atoms with E-state index in [0.717, 1.165) is 0 Å². The third-order valence-corrected chi connectivity index (χ3v) is 4.33. The molecule has 1 aromatic heterocycles. The second kappa shape index (κ2) is 7.99. The van der Waals surface area contributed by atoms with Crippen LogP contribution in [0.5, 0.6) is 28.7 Å². The molecule has 148 valence electrons.